The van der Waals surface area contributed by atoms with E-state index in [4.69, 9.17) is 0 Å². The molecular weight excluding hydrogens is 381 g/mol. The Kier molecular flexibility index (Phi) is 6.05. The number of anilines is 1. The third-order valence-electron chi connectivity index (χ3n) is 3.87. The highest BCUT2D eigenvalue weighted by molar-refractivity contribution is 8.00. The molecule has 1 atom stereocenters. The molecule has 9 heteroatoms. The van der Waals surface area contributed by atoms with E-state index < -0.39 is 23.0 Å². The minimum absolute atomic E-state index is 0.323. The number of carbonyl (C=O) groups excluding carboxylic acids is 2. The standard InChI is InChI=1S/C19H18FN5O2S/c1-12(17(26)22-18(27)21-13-8-4-3-5-9-13)28-19-24-23-16(25(19)2)14-10-6-7-11-15(14)20/h3-12H,1-2H3,(H2,21,22,26,27). The largest absolute Gasteiger partial charge is 0.325 e. The maximum atomic E-state index is 14.0. The normalized spacial score (nSPS) is 11.7. The van der Waals surface area contributed by atoms with Crippen molar-refractivity contribution in [1.82, 2.24) is 20.1 Å². The SMILES string of the molecule is CC(Sc1nnc(-c2ccccc2F)n1C)C(=O)NC(=O)Nc1ccccc1. The molecule has 3 rings (SSSR count). The van der Waals surface area contributed by atoms with Crippen molar-refractivity contribution in [3.8, 4) is 11.4 Å². The first-order valence-electron chi connectivity index (χ1n) is 8.43. The number of rotatable bonds is 5. The summed E-state index contributed by atoms with van der Waals surface area (Å²) >= 11 is 1.12. The van der Waals surface area contributed by atoms with Crippen molar-refractivity contribution in [2.24, 2.45) is 7.05 Å². The quantitative estimate of drug-likeness (QED) is 0.642. The van der Waals surface area contributed by atoms with Crippen molar-refractivity contribution in [2.45, 2.75) is 17.3 Å². The van der Waals surface area contributed by atoms with Gasteiger partial charge in [-0.3, -0.25) is 10.1 Å². The average Bonchev–Trinajstić information content (AvgIpc) is 3.03. The lowest BCUT2D eigenvalue weighted by Crippen LogP contribution is -2.38. The Hall–Kier alpha value is -3.20. The number of carbonyl (C=O) groups is 2. The summed E-state index contributed by atoms with van der Waals surface area (Å²) in [6.07, 6.45) is 0. The number of thioether (sulfide) groups is 1. The summed E-state index contributed by atoms with van der Waals surface area (Å²) in [6, 6.07) is 14.4. The van der Waals surface area contributed by atoms with E-state index in [9.17, 15) is 14.0 Å². The molecule has 0 aliphatic rings. The van der Waals surface area contributed by atoms with E-state index >= 15 is 0 Å². The lowest BCUT2D eigenvalue weighted by molar-refractivity contribution is -0.119. The molecule has 1 heterocycles. The van der Waals surface area contributed by atoms with Crippen LogP contribution in [-0.2, 0) is 11.8 Å². The van der Waals surface area contributed by atoms with E-state index in [1.54, 1.807) is 61.0 Å². The number of halogens is 1. The van der Waals surface area contributed by atoms with Gasteiger partial charge < -0.3 is 9.88 Å². The van der Waals surface area contributed by atoms with E-state index in [0.717, 1.165) is 11.8 Å². The summed E-state index contributed by atoms with van der Waals surface area (Å²) in [5, 5.41) is 12.7. The van der Waals surface area contributed by atoms with Crippen LogP contribution in [-0.4, -0.2) is 32.0 Å². The van der Waals surface area contributed by atoms with Gasteiger partial charge in [-0.05, 0) is 31.2 Å². The maximum absolute atomic E-state index is 14.0. The zero-order chi connectivity index (χ0) is 20.1. The van der Waals surface area contributed by atoms with Crippen molar-refractivity contribution in [1.29, 1.82) is 0 Å². The van der Waals surface area contributed by atoms with E-state index in [1.165, 1.54) is 6.07 Å². The fourth-order valence-corrected chi connectivity index (χ4v) is 3.22. The molecule has 28 heavy (non-hydrogen) atoms. The number of amides is 3. The number of urea groups is 1. The second-order valence-electron chi connectivity index (χ2n) is 5.91. The minimum Gasteiger partial charge on any atom is -0.308 e. The van der Waals surface area contributed by atoms with E-state index in [2.05, 4.69) is 20.8 Å². The monoisotopic (exact) mass is 399 g/mol. The summed E-state index contributed by atoms with van der Waals surface area (Å²) in [5.41, 5.74) is 0.902. The van der Waals surface area contributed by atoms with Gasteiger partial charge in [0, 0.05) is 12.7 Å². The summed E-state index contributed by atoms with van der Waals surface area (Å²) in [5.74, 6) is -0.526. The highest BCUT2D eigenvalue weighted by Crippen LogP contribution is 2.27. The van der Waals surface area contributed by atoms with Gasteiger partial charge in [0.15, 0.2) is 11.0 Å². The van der Waals surface area contributed by atoms with Crippen molar-refractivity contribution in [2.75, 3.05) is 5.32 Å². The molecule has 2 aromatic carbocycles. The third-order valence-corrected chi connectivity index (χ3v) is 5.00. The predicted octanol–water partition coefficient (Wildman–Crippen LogP) is 3.45. The average molecular weight is 399 g/mol. The summed E-state index contributed by atoms with van der Waals surface area (Å²) < 4.78 is 15.6. The lowest BCUT2D eigenvalue weighted by atomic mass is 10.2. The maximum Gasteiger partial charge on any atom is 0.325 e. The zero-order valence-corrected chi connectivity index (χ0v) is 16.0. The Morgan fingerprint density at radius 2 is 1.75 bits per heavy atom. The van der Waals surface area contributed by atoms with Crippen LogP contribution in [0.5, 0.6) is 0 Å². The molecule has 0 fully saturated rings. The second-order valence-corrected chi connectivity index (χ2v) is 7.22. The van der Waals surface area contributed by atoms with Crippen molar-refractivity contribution < 1.29 is 14.0 Å². The fourth-order valence-electron chi connectivity index (χ4n) is 2.40. The summed E-state index contributed by atoms with van der Waals surface area (Å²) in [4.78, 5) is 24.2. The van der Waals surface area contributed by atoms with Crippen molar-refractivity contribution in [3.63, 3.8) is 0 Å². The molecule has 0 saturated heterocycles. The molecule has 3 aromatic rings. The molecule has 1 aromatic heterocycles. The van der Waals surface area contributed by atoms with Crippen LogP contribution in [0.15, 0.2) is 59.8 Å². The van der Waals surface area contributed by atoms with E-state index in [1.807, 2.05) is 6.07 Å². The van der Waals surface area contributed by atoms with Gasteiger partial charge >= 0.3 is 6.03 Å². The number of imide groups is 1. The molecular formula is C19H18FN5O2S. The van der Waals surface area contributed by atoms with E-state index in [-0.39, 0.29) is 0 Å². The first kappa shape index (κ1) is 19.6. The first-order valence-corrected chi connectivity index (χ1v) is 9.31. The number of hydrogen-bond donors (Lipinski definition) is 2. The molecule has 7 nitrogen and oxygen atoms in total. The topological polar surface area (TPSA) is 88.9 Å². The van der Waals surface area contributed by atoms with Gasteiger partial charge in [-0.15, -0.1) is 10.2 Å². The number of para-hydroxylation sites is 1. The first-order chi connectivity index (χ1) is 13.5. The lowest BCUT2D eigenvalue weighted by Gasteiger charge is -2.11. The van der Waals surface area contributed by atoms with Crippen molar-refractivity contribution in [3.05, 3.63) is 60.4 Å². The molecule has 144 valence electrons. The van der Waals surface area contributed by atoms with Crippen molar-refractivity contribution >= 4 is 29.4 Å². The molecule has 0 aliphatic heterocycles. The molecule has 0 spiro atoms. The summed E-state index contributed by atoms with van der Waals surface area (Å²) in [6.45, 7) is 1.65. The molecule has 3 amide bonds. The van der Waals surface area contributed by atoms with Crippen LogP contribution in [0.3, 0.4) is 0 Å². The highest BCUT2D eigenvalue weighted by Gasteiger charge is 2.21. The number of nitrogens with one attached hydrogen (secondary N) is 2. The van der Waals surface area contributed by atoms with Crippen LogP contribution >= 0.6 is 11.8 Å². The Morgan fingerprint density at radius 3 is 2.46 bits per heavy atom. The Labute approximate surface area is 165 Å². The number of nitrogens with zero attached hydrogens (tertiary/aromatic N) is 3. The van der Waals surface area contributed by atoms with Gasteiger partial charge in [-0.2, -0.15) is 0 Å². The molecule has 0 aliphatic carbocycles. The molecule has 0 saturated carbocycles. The number of hydrogen-bond acceptors (Lipinski definition) is 5. The molecule has 1 unspecified atom stereocenters. The Balaban J connectivity index is 1.63. The smallest absolute Gasteiger partial charge is 0.308 e. The van der Waals surface area contributed by atoms with Crippen LogP contribution in [0.25, 0.3) is 11.4 Å². The molecule has 0 radical (unpaired) electrons. The zero-order valence-electron chi connectivity index (χ0n) is 15.2. The number of aromatic nitrogens is 3. The van der Waals surface area contributed by atoms with Gasteiger partial charge in [-0.25, -0.2) is 9.18 Å². The Bertz CT molecular complexity index is 993. The predicted molar refractivity (Wildman–Crippen MR) is 105 cm³/mol. The van der Waals surface area contributed by atoms with Gasteiger partial charge in [0.25, 0.3) is 0 Å². The van der Waals surface area contributed by atoms with Gasteiger partial charge in [0.2, 0.25) is 5.91 Å². The third kappa shape index (κ3) is 4.55. The van der Waals surface area contributed by atoms with Gasteiger partial charge in [0.05, 0.1) is 10.8 Å². The van der Waals surface area contributed by atoms with E-state index in [0.29, 0.717) is 22.2 Å². The van der Waals surface area contributed by atoms with Crippen LogP contribution in [0, 0.1) is 5.82 Å². The second kappa shape index (κ2) is 8.66. The molecule has 0 bridgehead atoms. The van der Waals surface area contributed by atoms with Gasteiger partial charge in [-0.1, -0.05) is 42.1 Å². The Morgan fingerprint density at radius 1 is 1.07 bits per heavy atom. The fraction of sp³-hybridized carbons (Fsp3) is 0.158. The van der Waals surface area contributed by atoms with Crippen LogP contribution in [0.1, 0.15) is 6.92 Å². The van der Waals surface area contributed by atoms with Gasteiger partial charge in [0.1, 0.15) is 5.82 Å². The molecule has 2 N–H and O–H groups in total. The van der Waals surface area contributed by atoms with Crippen LogP contribution in [0.4, 0.5) is 14.9 Å². The highest BCUT2D eigenvalue weighted by atomic mass is 32.2. The van der Waals surface area contributed by atoms with Crippen LogP contribution in [0.2, 0.25) is 0 Å². The van der Waals surface area contributed by atoms with Crippen LogP contribution < -0.4 is 10.6 Å². The summed E-state index contributed by atoms with van der Waals surface area (Å²) in [7, 11) is 1.69. The number of benzene rings is 2. The minimum atomic E-state index is -0.617.